The lowest BCUT2D eigenvalue weighted by Crippen LogP contribution is -2.14. The lowest BCUT2D eigenvalue weighted by Gasteiger charge is -2.08. The van der Waals surface area contributed by atoms with E-state index < -0.39 is 0 Å². The summed E-state index contributed by atoms with van der Waals surface area (Å²) in [5.74, 6) is 1.70. The topological polar surface area (TPSA) is 69.0 Å². The minimum absolute atomic E-state index is 0.0739. The second-order valence-corrected chi connectivity index (χ2v) is 7.82. The SMILES string of the molecule is CCc1ccc(NC(=O)CSc2nnc(COc3ccc(C)c(C)c3)n2C)cc1. The number of carbonyl (C=O) groups is 1. The smallest absolute Gasteiger partial charge is 0.234 e. The Balaban J connectivity index is 1.52. The maximum absolute atomic E-state index is 12.2. The molecule has 0 saturated heterocycles. The molecule has 152 valence electrons. The van der Waals surface area contributed by atoms with Crippen molar-refractivity contribution in [3.8, 4) is 5.75 Å². The van der Waals surface area contributed by atoms with E-state index in [0.29, 0.717) is 17.6 Å². The van der Waals surface area contributed by atoms with Crippen molar-refractivity contribution in [2.45, 2.75) is 39.0 Å². The molecule has 0 saturated carbocycles. The van der Waals surface area contributed by atoms with Gasteiger partial charge in [-0.25, -0.2) is 0 Å². The van der Waals surface area contributed by atoms with Crippen molar-refractivity contribution in [2.75, 3.05) is 11.1 Å². The van der Waals surface area contributed by atoms with Gasteiger partial charge in [0.25, 0.3) is 0 Å². The van der Waals surface area contributed by atoms with Crippen LogP contribution >= 0.6 is 11.8 Å². The zero-order valence-electron chi connectivity index (χ0n) is 17.2. The van der Waals surface area contributed by atoms with Crippen molar-refractivity contribution in [3.63, 3.8) is 0 Å². The minimum Gasteiger partial charge on any atom is -0.486 e. The van der Waals surface area contributed by atoms with E-state index in [1.807, 2.05) is 54.1 Å². The van der Waals surface area contributed by atoms with E-state index in [9.17, 15) is 4.79 Å². The van der Waals surface area contributed by atoms with E-state index in [2.05, 4.69) is 36.3 Å². The van der Waals surface area contributed by atoms with Crippen molar-refractivity contribution < 1.29 is 9.53 Å². The van der Waals surface area contributed by atoms with Gasteiger partial charge in [-0.3, -0.25) is 4.79 Å². The second kappa shape index (κ2) is 9.60. The van der Waals surface area contributed by atoms with Crippen molar-refractivity contribution in [1.82, 2.24) is 14.8 Å². The fourth-order valence-electron chi connectivity index (χ4n) is 2.70. The van der Waals surface area contributed by atoms with E-state index in [-0.39, 0.29) is 11.7 Å². The molecule has 3 rings (SSSR count). The Morgan fingerprint density at radius 3 is 2.55 bits per heavy atom. The van der Waals surface area contributed by atoms with E-state index in [1.54, 1.807) is 0 Å². The van der Waals surface area contributed by atoms with Gasteiger partial charge in [0, 0.05) is 12.7 Å². The molecule has 0 unspecified atom stereocenters. The molecule has 0 aliphatic rings. The number of carbonyl (C=O) groups excluding carboxylic acids is 1. The normalized spacial score (nSPS) is 10.8. The van der Waals surface area contributed by atoms with Crippen LogP contribution in [-0.4, -0.2) is 26.4 Å². The Kier molecular flexibility index (Phi) is 6.93. The fraction of sp³-hybridized carbons (Fsp3) is 0.318. The number of aryl methyl sites for hydroxylation is 3. The minimum atomic E-state index is -0.0739. The third kappa shape index (κ3) is 5.60. The zero-order valence-corrected chi connectivity index (χ0v) is 18.0. The molecule has 1 aromatic heterocycles. The molecule has 1 N–H and O–H groups in total. The second-order valence-electron chi connectivity index (χ2n) is 6.88. The average Bonchev–Trinajstić information content (AvgIpc) is 3.07. The van der Waals surface area contributed by atoms with Crippen LogP contribution in [0.3, 0.4) is 0 Å². The Labute approximate surface area is 175 Å². The van der Waals surface area contributed by atoms with Gasteiger partial charge < -0.3 is 14.6 Å². The highest BCUT2D eigenvalue weighted by molar-refractivity contribution is 7.99. The highest BCUT2D eigenvalue weighted by Crippen LogP contribution is 2.20. The molecule has 7 heteroatoms. The van der Waals surface area contributed by atoms with Gasteiger partial charge >= 0.3 is 0 Å². The number of hydrogen-bond acceptors (Lipinski definition) is 5. The Morgan fingerprint density at radius 1 is 1.10 bits per heavy atom. The molecule has 2 aromatic carbocycles. The van der Waals surface area contributed by atoms with Crippen molar-refractivity contribution in [1.29, 1.82) is 0 Å². The molecule has 1 amide bonds. The van der Waals surface area contributed by atoms with Gasteiger partial charge in [0.15, 0.2) is 11.0 Å². The van der Waals surface area contributed by atoms with Crippen LogP contribution < -0.4 is 10.1 Å². The fourth-order valence-corrected chi connectivity index (χ4v) is 3.43. The molecule has 0 atom stereocenters. The van der Waals surface area contributed by atoms with E-state index in [0.717, 1.165) is 17.9 Å². The standard InChI is InChI=1S/C22H26N4O2S/c1-5-17-7-9-18(10-8-17)23-21(27)14-29-22-25-24-20(26(22)4)13-28-19-11-6-15(2)16(3)12-19/h6-12H,5,13-14H2,1-4H3,(H,23,27). The van der Waals surface area contributed by atoms with Gasteiger partial charge in [-0.2, -0.15) is 0 Å². The van der Waals surface area contributed by atoms with Crippen LogP contribution in [0.2, 0.25) is 0 Å². The number of hydrogen-bond donors (Lipinski definition) is 1. The number of aromatic nitrogens is 3. The first-order valence-electron chi connectivity index (χ1n) is 9.56. The molecular formula is C22H26N4O2S. The van der Waals surface area contributed by atoms with Crippen molar-refractivity contribution in [2.24, 2.45) is 7.05 Å². The highest BCUT2D eigenvalue weighted by atomic mass is 32.2. The van der Waals surface area contributed by atoms with Crippen LogP contribution in [0.15, 0.2) is 47.6 Å². The van der Waals surface area contributed by atoms with Gasteiger partial charge in [0.2, 0.25) is 5.91 Å². The number of rotatable bonds is 8. The van der Waals surface area contributed by atoms with Crippen LogP contribution in [0.1, 0.15) is 29.4 Å². The lowest BCUT2D eigenvalue weighted by molar-refractivity contribution is -0.113. The first-order chi connectivity index (χ1) is 14.0. The van der Waals surface area contributed by atoms with Gasteiger partial charge in [0.05, 0.1) is 5.75 Å². The van der Waals surface area contributed by atoms with Crippen LogP contribution in [0.5, 0.6) is 5.75 Å². The first-order valence-corrected chi connectivity index (χ1v) is 10.5. The molecule has 0 radical (unpaired) electrons. The summed E-state index contributed by atoms with van der Waals surface area (Å²) >= 11 is 1.35. The number of nitrogens with one attached hydrogen (secondary N) is 1. The van der Waals surface area contributed by atoms with Crippen LogP contribution in [0.4, 0.5) is 5.69 Å². The largest absolute Gasteiger partial charge is 0.486 e. The molecule has 0 bridgehead atoms. The van der Waals surface area contributed by atoms with Crippen molar-refractivity contribution >= 4 is 23.4 Å². The van der Waals surface area contributed by atoms with Crippen LogP contribution in [0, 0.1) is 13.8 Å². The highest BCUT2D eigenvalue weighted by Gasteiger charge is 2.12. The number of ether oxygens (including phenoxy) is 1. The summed E-state index contributed by atoms with van der Waals surface area (Å²) in [5.41, 5.74) is 4.46. The third-order valence-electron chi connectivity index (χ3n) is 4.75. The van der Waals surface area contributed by atoms with E-state index in [1.165, 1.54) is 28.5 Å². The lowest BCUT2D eigenvalue weighted by atomic mass is 10.1. The summed E-state index contributed by atoms with van der Waals surface area (Å²) in [6.07, 6.45) is 0.978. The molecule has 6 nitrogen and oxygen atoms in total. The Morgan fingerprint density at radius 2 is 1.86 bits per heavy atom. The summed E-state index contributed by atoms with van der Waals surface area (Å²) in [7, 11) is 1.88. The molecule has 29 heavy (non-hydrogen) atoms. The van der Waals surface area contributed by atoms with Crippen LogP contribution in [0.25, 0.3) is 0 Å². The summed E-state index contributed by atoms with van der Waals surface area (Å²) in [6.45, 7) is 6.55. The first kappa shape index (κ1) is 20.9. The summed E-state index contributed by atoms with van der Waals surface area (Å²) < 4.78 is 7.69. The van der Waals surface area contributed by atoms with Crippen molar-refractivity contribution in [3.05, 3.63) is 65.0 Å². The molecule has 0 fully saturated rings. The number of thioether (sulfide) groups is 1. The van der Waals surface area contributed by atoms with Gasteiger partial charge in [-0.05, 0) is 61.2 Å². The van der Waals surface area contributed by atoms with Gasteiger partial charge in [0.1, 0.15) is 12.4 Å². The van der Waals surface area contributed by atoms with Crippen LogP contribution in [-0.2, 0) is 24.9 Å². The molecule has 1 heterocycles. The van der Waals surface area contributed by atoms with E-state index in [4.69, 9.17) is 4.74 Å². The molecule has 0 aliphatic carbocycles. The predicted octanol–water partition coefficient (Wildman–Crippen LogP) is 4.30. The van der Waals surface area contributed by atoms with Gasteiger partial charge in [-0.1, -0.05) is 36.9 Å². The maximum Gasteiger partial charge on any atom is 0.234 e. The number of benzene rings is 2. The van der Waals surface area contributed by atoms with E-state index >= 15 is 0 Å². The summed E-state index contributed by atoms with van der Waals surface area (Å²) in [6, 6.07) is 13.9. The third-order valence-corrected chi connectivity index (χ3v) is 5.77. The summed E-state index contributed by atoms with van der Waals surface area (Å²) in [4.78, 5) is 12.2. The Hall–Kier alpha value is -2.80. The zero-order chi connectivity index (χ0) is 20.8. The molecule has 0 spiro atoms. The molecule has 3 aromatic rings. The number of anilines is 1. The number of amides is 1. The average molecular weight is 411 g/mol. The monoisotopic (exact) mass is 410 g/mol. The predicted molar refractivity (Wildman–Crippen MR) is 116 cm³/mol. The molecular weight excluding hydrogens is 384 g/mol. The molecule has 0 aliphatic heterocycles. The summed E-state index contributed by atoms with van der Waals surface area (Å²) in [5, 5.41) is 11.9. The number of nitrogens with zero attached hydrogens (tertiary/aromatic N) is 3. The van der Waals surface area contributed by atoms with Gasteiger partial charge in [-0.15, -0.1) is 10.2 Å². The Bertz CT molecular complexity index is 983. The quantitative estimate of drug-likeness (QED) is 0.561. The maximum atomic E-state index is 12.2.